The molecule has 3 saturated heterocycles. The van der Waals surface area contributed by atoms with E-state index >= 15 is 0 Å². The molecule has 2 aliphatic carbocycles. The maximum Gasteiger partial charge on any atom is 0.317 e. The van der Waals surface area contributed by atoms with Crippen LogP contribution in [0.2, 0.25) is 0 Å². The van der Waals surface area contributed by atoms with Gasteiger partial charge in [-0.1, -0.05) is 57.4 Å². The van der Waals surface area contributed by atoms with Crippen molar-refractivity contribution in [3.8, 4) is 0 Å². The van der Waals surface area contributed by atoms with Crippen LogP contribution in [0.5, 0.6) is 0 Å². The molecule has 1 aromatic heterocycles. The van der Waals surface area contributed by atoms with Gasteiger partial charge in [0.25, 0.3) is 0 Å². The van der Waals surface area contributed by atoms with Crippen molar-refractivity contribution < 1.29 is 19.2 Å². The highest BCUT2D eigenvalue weighted by molar-refractivity contribution is 7.09. The van der Waals surface area contributed by atoms with E-state index in [2.05, 4.69) is 21.3 Å². The number of amides is 5. The first-order chi connectivity index (χ1) is 22.4. The number of hydrogen-bond donors (Lipinski definition) is 4. The summed E-state index contributed by atoms with van der Waals surface area (Å²) >= 11 is 1.60. The average molecular weight is 655 g/mol. The topological polar surface area (TPSA) is 123 Å². The number of rotatable bonds is 9. The molecule has 5 amide bonds. The van der Waals surface area contributed by atoms with Gasteiger partial charge in [0, 0.05) is 49.7 Å². The van der Waals surface area contributed by atoms with Crippen LogP contribution in [0.15, 0.2) is 17.5 Å². The predicted octanol–water partition coefficient (Wildman–Crippen LogP) is 4.15. The van der Waals surface area contributed by atoms with Gasteiger partial charge in [-0.25, -0.2) is 4.79 Å². The Kier molecular flexibility index (Phi) is 11.2. The second-order valence-corrected chi connectivity index (χ2v) is 15.7. The highest BCUT2D eigenvalue weighted by atomic mass is 32.1. The lowest BCUT2D eigenvalue weighted by molar-refractivity contribution is -0.139. The average Bonchev–Trinajstić information content (AvgIpc) is 3.73. The predicted molar refractivity (Wildman–Crippen MR) is 179 cm³/mol. The van der Waals surface area contributed by atoms with Gasteiger partial charge in [-0.15, -0.1) is 11.3 Å². The molecule has 4 atom stereocenters. The summed E-state index contributed by atoms with van der Waals surface area (Å²) < 4.78 is 0. The fourth-order valence-electron chi connectivity index (χ4n) is 8.74. The lowest BCUT2D eigenvalue weighted by atomic mass is 9.78. The van der Waals surface area contributed by atoms with Crippen molar-refractivity contribution in [2.75, 3.05) is 32.7 Å². The van der Waals surface area contributed by atoms with Gasteiger partial charge < -0.3 is 31.1 Å². The minimum absolute atomic E-state index is 0.0484. The van der Waals surface area contributed by atoms with E-state index in [4.69, 9.17) is 0 Å². The maximum absolute atomic E-state index is 14.3. The van der Waals surface area contributed by atoms with E-state index in [1.165, 1.54) is 51.4 Å². The van der Waals surface area contributed by atoms with Gasteiger partial charge in [0.1, 0.15) is 0 Å². The first-order valence-corrected chi connectivity index (χ1v) is 19.0. The zero-order valence-corrected chi connectivity index (χ0v) is 28.2. The smallest absolute Gasteiger partial charge is 0.317 e. The number of carbonyl (C=O) groups is 4. The zero-order chi connectivity index (χ0) is 31.9. The number of urea groups is 1. The molecule has 4 N–H and O–H groups in total. The molecule has 6 rings (SSSR count). The first-order valence-electron chi connectivity index (χ1n) is 18.1. The molecule has 0 bridgehead atoms. The Morgan fingerprint density at radius 3 is 2.46 bits per heavy atom. The molecule has 254 valence electrons. The Morgan fingerprint density at radius 1 is 0.957 bits per heavy atom. The molecule has 10 nitrogen and oxygen atoms in total. The number of carbonyl (C=O) groups excluding carboxylic acids is 4. The van der Waals surface area contributed by atoms with E-state index in [0.717, 1.165) is 43.4 Å². The normalized spacial score (nSPS) is 28.6. The van der Waals surface area contributed by atoms with Crippen LogP contribution in [0.25, 0.3) is 0 Å². The lowest BCUT2D eigenvalue weighted by Crippen LogP contribution is -2.61. The van der Waals surface area contributed by atoms with E-state index < -0.39 is 17.4 Å². The molecule has 3 aliphatic heterocycles. The van der Waals surface area contributed by atoms with Gasteiger partial charge in [0.15, 0.2) is 0 Å². The summed E-state index contributed by atoms with van der Waals surface area (Å²) in [5.74, 6) is 0.0375. The third-order valence-corrected chi connectivity index (χ3v) is 12.3. The van der Waals surface area contributed by atoms with Crippen LogP contribution in [0.1, 0.15) is 101 Å². The molecule has 5 aliphatic rings. The molecular formula is C35H54N6O4S. The monoisotopic (exact) mass is 654 g/mol. The largest absolute Gasteiger partial charge is 0.356 e. The van der Waals surface area contributed by atoms with Gasteiger partial charge in [-0.05, 0) is 62.3 Å². The van der Waals surface area contributed by atoms with Crippen LogP contribution in [-0.2, 0) is 20.9 Å². The van der Waals surface area contributed by atoms with E-state index in [0.29, 0.717) is 57.6 Å². The highest BCUT2D eigenvalue weighted by Crippen LogP contribution is 2.37. The zero-order valence-electron chi connectivity index (χ0n) is 27.4. The fraction of sp³-hybridized carbons (Fsp3) is 0.771. The number of thiophene rings is 1. The fourth-order valence-corrected chi connectivity index (χ4v) is 9.38. The summed E-state index contributed by atoms with van der Waals surface area (Å²) in [4.78, 5) is 59.2. The molecule has 0 radical (unpaired) electrons. The van der Waals surface area contributed by atoms with Crippen LogP contribution in [0, 0.1) is 17.3 Å². The van der Waals surface area contributed by atoms with Crippen LogP contribution >= 0.6 is 11.3 Å². The summed E-state index contributed by atoms with van der Waals surface area (Å²) in [6, 6.07) is 3.51. The molecule has 11 heteroatoms. The van der Waals surface area contributed by atoms with Crippen molar-refractivity contribution in [2.24, 2.45) is 17.3 Å². The van der Waals surface area contributed by atoms with Crippen molar-refractivity contribution in [3.05, 3.63) is 22.4 Å². The number of likely N-dealkylation sites (tertiary alicyclic amines) is 2. The molecule has 2 saturated carbocycles. The van der Waals surface area contributed by atoms with Crippen molar-refractivity contribution in [1.29, 1.82) is 0 Å². The van der Waals surface area contributed by atoms with Crippen molar-refractivity contribution in [3.63, 3.8) is 0 Å². The second-order valence-electron chi connectivity index (χ2n) is 14.6. The van der Waals surface area contributed by atoms with Gasteiger partial charge in [-0.3, -0.25) is 14.4 Å². The van der Waals surface area contributed by atoms with Gasteiger partial charge in [0.05, 0.1) is 23.9 Å². The molecule has 5 fully saturated rings. The van der Waals surface area contributed by atoms with E-state index in [1.807, 2.05) is 22.4 Å². The summed E-state index contributed by atoms with van der Waals surface area (Å²) in [7, 11) is 0. The summed E-state index contributed by atoms with van der Waals surface area (Å²) in [5, 5.41) is 15.0. The molecule has 1 unspecified atom stereocenters. The SMILES string of the molecule is O=C(NCc1cccs1)[C@H]1CN(C(=O)[C@@H](CC2CCCCC2)NC2CCCCC2)CC[C@H]1NC(=O)N1CCCC2(CCNC2=O)C1. The van der Waals surface area contributed by atoms with E-state index in [9.17, 15) is 19.2 Å². The number of nitrogens with one attached hydrogen (secondary N) is 4. The third-order valence-electron chi connectivity index (χ3n) is 11.5. The molecule has 1 spiro atoms. The summed E-state index contributed by atoms with van der Waals surface area (Å²) in [6.45, 7) is 2.90. The van der Waals surface area contributed by atoms with Gasteiger partial charge in [-0.2, -0.15) is 0 Å². The molecular weight excluding hydrogens is 600 g/mol. The molecule has 1 aromatic rings. The van der Waals surface area contributed by atoms with Gasteiger partial charge in [0.2, 0.25) is 17.7 Å². The number of piperidine rings is 2. The Morgan fingerprint density at radius 2 is 1.74 bits per heavy atom. The summed E-state index contributed by atoms with van der Waals surface area (Å²) in [5.41, 5.74) is -0.498. The first kappa shape index (κ1) is 33.2. The maximum atomic E-state index is 14.3. The minimum Gasteiger partial charge on any atom is -0.356 e. The van der Waals surface area contributed by atoms with Crippen LogP contribution in [0.4, 0.5) is 4.79 Å². The van der Waals surface area contributed by atoms with Gasteiger partial charge >= 0.3 is 6.03 Å². The van der Waals surface area contributed by atoms with Crippen molar-refractivity contribution in [1.82, 2.24) is 31.1 Å². The Balaban J connectivity index is 1.14. The van der Waals surface area contributed by atoms with E-state index in [-0.39, 0.29) is 29.8 Å². The molecule has 4 heterocycles. The Bertz CT molecular complexity index is 1180. The number of nitrogens with zero attached hydrogens (tertiary/aromatic N) is 2. The van der Waals surface area contributed by atoms with E-state index in [1.54, 1.807) is 16.2 Å². The standard InChI is InChI=1S/C35H54N6O4S/c42-31(37-22-27-13-7-20-46-27)28-23-40(32(43)30(21-25-9-3-1-4-10-25)38-26-11-5-2-6-12-26)19-14-29(28)39-34(45)41-18-8-15-35(24-41)16-17-36-33(35)44/h7,13,20,25-26,28-30,38H,1-6,8-12,14-19,21-24H2,(H,36,44)(H,37,42)(H,39,45)/t28-,29+,30+,35?/m0/s1. The minimum atomic E-state index is -0.555. The van der Waals surface area contributed by atoms with Crippen LogP contribution in [0.3, 0.4) is 0 Å². The highest BCUT2D eigenvalue weighted by Gasteiger charge is 2.47. The molecule has 46 heavy (non-hydrogen) atoms. The lowest BCUT2D eigenvalue weighted by Gasteiger charge is -2.42. The molecule has 0 aromatic carbocycles. The number of hydrogen-bond acceptors (Lipinski definition) is 6. The van der Waals surface area contributed by atoms with Crippen molar-refractivity contribution in [2.45, 2.75) is 121 Å². The van der Waals surface area contributed by atoms with Crippen LogP contribution in [-0.4, -0.2) is 84.4 Å². The Hall–Kier alpha value is -2.66. The third kappa shape index (κ3) is 8.06. The Labute approximate surface area is 278 Å². The van der Waals surface area contributed by atoms with Crippen molar-refractivity contribution >= 4 is 35.1 Å². The quantitative estimate of drug-likeness (QED) is 0.319. The second kappa shape index (κ2) is 15.5. The summed E-state index contributed by atoms with van der Waals surface area (Å²) in [6.07, 6.45) is 15.8. The van der Waals surface area contributed by atoms with Crippen LogP contribution < -0.4 is 21.3 Å².